The molecule has 0 heterocycles. The second kappa shape index (κ2) is 4.92. The van der Waals surface area contributed by atoms with Gasteiger partial charge in [0.25, 0.3) is 5.69 Å². The molecular weight excluding hydrogens is 280 g/mol. The van der Waals surface area contributed by atoms with Crippen molar-refractivity contribution in [2.24, 2.45) is 0 Å². The van der Waals surface area contributed by atoms with Gasteiger partial charge in [-0.2, -0.15) is 0 Å². The highest BCUT2D eigenvalue weighted by molar-refractivity contribution is 6.39. The number of non-ortho nitro benzene ring substituents is 1. The van der Waals surface area contributed by atoms with Crippen molar-refractivity contribution in [3.05, 3.63) is 62.4 Å². The molecule has 0 saturated carbocycles. The van der Waals surface area contributed by atoms with E-state index in [0.717, 1.165) is 0 Å². The van der Waals surface area contributed by atoms with E-state index in [2.05, 4.69) is 0 Å². The predicted octanol–water partition coefficient (Wildman–Crippen LogP) is 4.71. The highest BCUT2D eigenvalue weighted by Gasteiger charge is 2.15. The van der Waals surface area contributed by atoms with Gasteiger partial charge >= 0.3 is 0 Å². The lowest BCUT2D eigenvalue weighted by atomic mass is 10.1. The molecule has 0 N–H and O–H groups in total. The molecule has 0 aromatic heterocycles. The van der Waals surface area contributed by atoms with Crippen molar-refractivity contribution in [1.82, 2.24) is 0 Å². The third-order valence-electron chi connectivity index (χ3n) is 2.37. The van der Waals surface area contributed by atoms with Crippen LogP contribution in [-0.2, 0) is 0 Å². The normalized spacial score (nSPS) is 10.4. The maximum Gasteiger partial charge on any atom is 0.272 e. The molecule has 0 saturated heterocycles. The first-order chi connectivity index (χ1) is 8.49. The number of nitro benzene ring substituents is 1. The molecule has 0 spiro atoms. The standard InChI is InChI=1S/C12H6Cl2FNO2/c13-10-5-9(16(17)18)6-11(14)12(10)7-1-3-8(15)4-2-7/h1-6H. The SMILES string of the molecule is O=[N+]([O-])c1cc(Cl)c(-c2ccc(F)cc2)c(Cl)c1. The van der Waals surface area contributed by atoms with Crippen LogP contribution >= 0.6 is 23.2 Å². The zero-order chi connectivity index (χ0) is 13.3. The topological polar surface area (TPSA) is 43.1 Å². The fraction of sp³-hybridized carbons (Fsp3) is 0. The minimum absolute atomic E-state index is 0.154. The molecule has 18 heavy (non-hydrogen) atoms. The Bertz CT molecular complexity index is 591. The van der Waals surface area contributed by atoms with Crippen molar-refractivity contribution in [1.29, 1.82) is 0 Å². The van der Waals surface area contributed by atoms with Gasteiger partial charge in [0.2, 0.25) is 0 Å². The average molecular weight is 286 g/mol. The number of benzene rings is 2. The number of halogens is 3. The molecule has 0 aliphatic rings. The summed E-state index contributed by atoms with van der Waals surface area (Å²) in [5.41, 5.74) is 0.862. The van der Waals surface area contributed by atoms with Crippen LogP contribution in [0.3, 0.4) is 0 Å². The van der Waals surface area contributed by atoms with E-state index >= 15 is 0 Å². The van der Waals surface area contributed by atoms with Crippen LogP contribution in [0.25, 0.3) is 11.1 Å². The summed E-state index contributed by atoms with van der Waals surface area (Å²) in [6.45, 7) is 0. The summed E-state index contributed by atoms with van der Waals surface area (Å²) in [4.78, 5) is 10.1. The Hall–Kier alpha value is -1.65. The van der Waals surface area contributed by atoms with E-state index in [4.69, 9.17) is 23.2 Å². The van der Waals surface area contributed by atoms with Gasteiger partial charge in [0, 0.05) is 17.7 Å². The summed E-state index contributed by atoms with van der Waals surface area (Å²) in [6.07, 6.45) is 0. The van der Waals surface area contributed by atoms with Gasteiger partial charge in [-0.15, -0.1) is 0 Å². The molecule has 0 bridgehead atoms. The Morgan fingerprint density at radius 3 is 2.00 bits per heavy atom. The molecule has 0 radical (unpaired) electrons. The molecule has 0 fully saturated rings. The largest absolute Gasteiger partial charge is 0.272 e. The molecule has 92 valence electrons. The predicted molar refractivity (Wildman–Crippen MR) is 68.5 cm³/mol. The maximum absolute atomic E-state index is 12.8. The lowest BCUT2D eigenvalue weighted by Crippen LogP contribution is -1.90. The van der Waals surface area contributed by atoms with Crippen LogP contribution in [0.15, 0.2) is 36.4 Å². The fourth-order valence-electron chi connectivity index (χ4n) is 1.56. The van der Waals surface area contributed by atoms with Crippen LogP contribution in [0.1, 0.15) is 0 Å². The van der Waals surface area contributed by atoms with Crippen LogP contribution in [-0.4, -0.2) is 4.92 Å². The van der Waals surface area contributed by atoms with Gasteiger partial charge in [-0.25, -0.2) is 4.39 Å². The number of nitro groups is 1. The van der Waals surface area contributed by atoms with Gasteiger partial charge in [0.05, 0.1) is 15.0 Å². The average Bonchev–Trinajstić information content (AvgIpc) is 2.30. The molecule has 0 aliphatic carbocycles. The van der Waals surface area contributed by atoms with E-state index in [1.807, 2.05) is 0 Å². The third-order valence-corrected chi connectivity index (χ3v) is 2.97. The van der Waals surface area contributed by atoms with Gasteiger partial charge in [-0.05, 0) is 17.7 Å². The molecule has 3 nitrogen and oxygen atoms in total. The Kier molecular flexibility index (Phi) is 3.50. The van der Waals surface area contributed by atoms with Gasteiger partial charge in [-0.1, -0.05) is 35.3 Å². The highest BCUT2D eigenvalue weighted by Crippen LogP contribution is 2.37. The van der Waals surface area contributed by atoms with Crippen molar-refractivity contribution < 1.29 is 9.31 Å². The molecule has 2 aromatic rings. The maximum atomic E-state index is 12.8. The van der Waals surface area contributed by atoms with E-state index in [0.29, 0.717) is 11.1 Å². The van der Waals surface area contributed by atoms with Crippen LogP contribution < -0.4 is 0 Å². The molecule has 0 aliphatic heterocycles. The minimum Gasteiger partial charge on any atom is -0.258 e. The van der Waals surface area contributed by atoms with E-state index in [-0.39, 0.29) is 21.5 Å². The van der Waals surface area contributed by atoms with Gasteiger partial charge in [0.1, 0.15) is 5.82 Å². The Labute approximate surface area is 112 Å². The van der Waals surface area contributed by atoms with Crippen LogP contribution in [0.5, 0.6) is 0 Å². The summed E-state index contributed by atoms with van der Waals surface area (Å²) in [7, 11) is 0. The van der Waals surface area contributed by atoms with E-state index in [9.17, 15) is 14.5 Å². The van der Waals surface area contributed by atoms with Crippen LogP contribution in [0.2, 0.25) is 10.0 Å². The van der Waals surface area contributed by atoms with Crippen molar-refractivity contribution in [3.63, 3.8) is 0 Å². The first-order valence-electron chi connectivity index (χ1n) is 4.88. The smallest absolute Gasteiger partial charge is 0.258 e. The number of rotatable bonds is 2. The van der Waals surface area contributed by atoms with Crippen LogP contribution in [0.4, 0.5) is 10.1 Å². The van der Waals surface area contributed by atoms with E-state index in [1.54, 1.807) is 0 Å². The monoisotopic (exact) mass is 285 g/mol. The molecule has 2 rings (SSSR count). The van der Waals surface area contributed by atoms with Crippen molar-refractivity contribution in [3.8, 4) is 11.1 Å². The second-order valence-corrected chi connectivity index (χ2v) is 4.36. The quantitative estimate of drug-likeness (QED) is 0.592. The Morgan fingerprint density at radius 2 is 1.56 bits per heavy atom. The molecule has 0 amide bonds. The zero-order valence-electron chi connectivity index (χ0n) is 8.86. The van der Waals surface area contributed by atoms with Crippen LogP contribution in [0, 0.1) is 15.9 Å². The summed E-state index contributed by atoms with van der Waals surface area (Å²) in [6, 6.07) is 7.98. The number of nitrogens with zero attached hydrogens (tertiary/aromatic N) is 1. The van der Waals surface area contributed by atoms with E-state index < -0.39 is 4.92 Å². The summed E-state index contributed by atoms with van der Waals surface area (Å²) >= 11 is 11.9. The zero-order valence-corrected chi connectivity index (χ0v) is 10.4. The number of hydrogen-bond donors (Lipinski definition) is 0. The molecular formula is C12H6Cl2FNO2. The van der Waals surface area contributed by atoms with Crippen molar-refractivity contribution >= 4 is 28.9 Å². The molecule has 0 atom stereocenters. The summed E-state index contributed by atoms with van der Waals surface area (Å²) in [5.74, 6) is -0.382. The first kappa shape index (κ1) is 12.8. The highest BCUT2D eigenvalue weighted by atomic mass is 35.5. The van der Waals surface area contributed by atoms with Gasteiger partial charge < -0.3 is 0 Å². The van der Waals surface area contributed by atoms with E-state index in [1.165, 1.54) is 36.4 Å². The lowest BCUT2D eigenvalue weighted by molar-refractivity contribution is -0.384. The van der Waals surface area contributed by atoms with Crippen molar-refractivity contribution in [2.45, 2.75) is 0 Å². The first-order valence-corrected chi connectivity index (χ1v) is 5.64. The summed E-state index contributed by atoms with van der Waals surface area (Å²) in [5, 5.41) is 10.9. The van der Waals surface area contributed by atoms with Gasteiger partial charge in [0.15, 0.2) is 0 Å². The second-order valence-electron chi connectivity index (χ2n) is 3.55. The lowest BCUT2D eigenvalue weighted by Gasteiger charge is -2.07. The van der Waals surface area contributed by atoms with Gasteiger partial charge in [-0.3, -0.25) is 10.1 Å². The Morgan fingerprint density at radius 1 is 1.06 bits per heavy atom. The Balaban J connectivity index is 2.58. The number of hydrogen-bond acceptors (Lipinski definition) is 2. The van der Waals surface area contributed by atoms with Crippen molar-refractivity contribution in [2.75, 3.05) is 0 Å². The third kappa shape index (κ3) is 2.44. The summed E-state index contributed by atoms with van der Waals surface area (Å²) < 4.78 is 12.8. The molecule has 6 heteroatoms. The minimum atomic E-state index is -0.577. The fourth-order valence-corrected chi connectivity index (χ4v) is 2.25. The molecule has 0 unspecified atom stereocenters. The molecule has 2 aromatic carbocycles.